The van der Waals surface area contributed by atoms with E-state index in [1.807, 2.05) is 0 Å². The summed E-state index contributed by atoms with van der Waals surface area (Å²) in [5.74, 6) is 0. The van der Waals surface area contributed by atoms with Gasteiger partial charge >= 0.3 is 0 Å². The largest absolute Gasteiger partial charge is 0.302 e. The molecule has 0 saturated carbocycles. The van der Waals surface area contributed by atoms with Crippen molar-refractivity contribution < 1.29 is 0 Å². The maximum Gasteiger partial charge on any atom is 0.0542 e. The Morgan fingerprint density at radius 2 is 2.12 bits per heavy atom. The van der Waals surface area contributed by atoms with Gasteiger partial charge in [-0.2, -0.15) is 0 Å². The van der Waals surface area contributed by atoms with Crippen LogP contribution in [0.25, 0.3) is 0 Å². The van der Waals surface area contributed by atoms with Crippen LogP contribution in [0.3, 0.4) is 0 Å². The highest BCUT2D eigenvalue weighted by molar-refractivity contribution is 4.55. The first-order valence-electron chi connectivity index (χ1n) is 3.07. The summed E-state index contributed by atoms with van der Waals surface area (Å²) < 4.78 is 0. The van der Waals surface area contributed by atoms with Crippen molar-refractivity contribution in [3.8, 4) is 0 Å². The lowest BCUT2D eigenvalue weighted by Gasteiger charge is -2.11. The molecule has 2 heteroatoms. The summed E-state index contributed by atoms with van der Waals surface area (Å²) in [7, 11) is 0. The molecule has 0 aromatic carbocycles. The SMILES string of the molecule is [CH2]CNC(C)NCC. The van der Waals surface area contributed by atoms with Crippen LogP contribution in [0.5, 0.6) is 0 Å². The Labute approximate surface area is 51.7 Å². The standard InChI is InChI=1S/C6H15N2/c1-4-7-6(3)8-5-2/h6-8H,1,4-5H2,2-3H3. The Balaban J connectivity index is 2.92. The number of rotatable bonds is 4. The van der Waals surface area contributed by atoms with E-state index in [1.165, 1.54) is 0 Å². The van der Waals surface area contributed by atoms with E-state index >= 15 is 0 Å². The highest BCUT2D eigenvalue weighted by atomic mass is 15.1. The topological polar surface area (TPSA) is 24.1 Å². The second kappa shape index (κ2) is 5.06. The molecule has 0 fully saturated rings. The van der Waals surface area contributed by atoms with Gasteiger partial charge in [0.1, 0.15) is 0 Å². The second-order valence-corrected chi connectivity index (χ2v) is 1.73. The third kappa shape index (κ3) is 4.09. The van der Waals surface area contributed by atoms with Crippen molar-refractivity contribution >= 4 is 0 Å². The van der Waals surface area contributed by atoms with Crippen molar-refractivity contribution in [2.45, 2.75) is 20.0 Å². The highest BCUT2D eigenvalue weighted by Gasteiger charge is 1.91. The fraction of sp³-hybridized carbons (Fsp3) is 0.833. The number of nitrogens with one attached hydrogen (secondary N) is 2. The molecule has 0 aliphatic rings. The molecule has 0 aromatic rings. The van der Waals surface area contributed by atoms with Crippen LogP contribution >= 0.6 is 0 Å². The maximum absolute atomic E-state index is 3.66. The normalized spacial score (nSPS) is 10.5. The predicted molar refractivity (Wildman–Crippen MR) is 36.5 cm³/mol. The molecule has 1 radical (unpaired) electrons. The Hall–Kier alpha value is -0.0800. The molecule has 1 unspecified atom stereocenters. The molecule has 1 atom stereocenters. The Kier molecular flexibility index (Phi) is 5.01. The second-order valence-electron chi connectivity index (χ2n) is 1.73. The zero-order valence-corrected chi connectivity index (χ0v) is 5.70. The van der Waals surface area contributed by atoms with Gasteiger partial charge in [0.2, 0.25) is 0 Å². The quantitative estimate of drug-likeness (QED) is 0.517. The van der Waals surface area contributed by atoms with Crippen LogP contribution in [0, 0.1) is 6.92 Å². The minimum absolute atomic E-state index is 0.400. The van der Waals surface area contributed by atoms with Gasteiger partial charge in [-0.05, 0) is 26.9 Å². The minimum atomic E-state index is 0.400. The molecule has 49 valence electrons. The Morgan fingerprint density at radius 3 is 2.50 bits per heavy atom. The third-order valence-electron chi connectivity index (χ3n) is 0.961. The first-order chi connectivity index (χ1) is 3.81. The van der Waals surface area contributed by atoms with Crippen molar-refractivity contribution in [2.24, 2.45) is 0 Å². The van der Waals surface area contributed by atoms with Crippen LogP contribution in [-0.2, 0) is 0 Å². The van der Waals surface area contributed by atoms with E-state index in [0.717, 1.165) is 13.1 Å². The summed E-state index contributed by atoms with van der Waals surface area (Å²) >= 11 is 0. The Morgan fingerprint density at radius 1 is 1.50 bits per heavy atom. The van der Waals surface area contributed by atoms with Crippen LogP contribution in [0.1, 0.15) is 13.8 Å². The first kappa shape index (κ1) is 7.92. The molecule has 0 aromatic heterocycles. The van der Waals surface area contributed by atoms with E-state index < -0.39 is 0 Å². The fourth-order valence-electron chi connectivity index (χ4n) is 0.595. The summed E-state index contributed by atoms with van der Waals surface area (Å²) in [6.45, 7) is 9.61. The van der Waals surface area contributed by atoms with Crippen LogP contribution in [-0.4, -0.2) is 19.3 Å². The molecule has 8 heavy (non-hydrogen) atoms. The minimum Gasteiger partial charge on any atom is -0.302 e. The van der Waals surface area contributed by atoms with Crippen LogP contribution in [0.15, 0.2) is 0 Å². The van der Waals surface area contributed by atoms with Gasteiger partial charge in [-0.15, -0.1) is 0 Å². The van der Waals surface area contributed by atoms with Gasteiger partial charge in [0.05, 0.1) is 6.17 Å². The van der Waals surface area contributed by atoms with E-state index in [4.69, 9.17) is 0 Å². The van der Waals surface area contributed by atoms with Gasteiger partial charge in [-0.25, -0.2) is 0 Å². The maximum atomic E-state index is 3.66. The van der Waals surface area contributed by atoms with Crippen molar-refractivity contribution in [3.63, 3.8) is 0 Å². The zero-order chi connectivity index (χ0) is 6.41. The Bertz CT molecular complexity index is 39.8. The average molecular weight is 115 g/mol. The van der Waals surface area contributed by atoms with Gasteiger partial charge < -0.3 is 10.6 Å². The lowest BCUT2D eigenvalue weighted by Crippen LogP contribution is -2.39. The summed E-state index contributed by atoms with van der Waals surface area (Å²) in [5, 5.41) is 6.32. The molecule has 2 nitrogen and oxygen atoms in total. The molecule has 0 rings (SSSR count). The summed E-state index contributed by atoms with van der Waals surface area (Å²) in [4.78, 5) is 0. The van der Waals surface area contributed by atoms with E-state index in [1.54, 1.807) is 0 Å². The van der Waals surface area contributed by atoms with Crippen molar-refractivity contribution in [1.82, 2.24) is 10.6 Å². The molecule has 0 heterocycles. The number of hydrogen-bond acceptors (Lipinski definition) is 2. The zero-order valence-electron chi connectivity index (χ0n) is 5.70. The van der Waals surface area contributed by atoms with Gasteiger partial charge in [0.15, 0.2) is 0 Å². The molecule has 0 amide bonds. The van der Waals surface area contributed by atoms with Crippen LogP contribution in [0.2, 0.25) is 0 Å². The molecule has 0 aliphatic heterocycles. The van der Waals surface area contributed by atoms with E-state index in [9.17, 15) is 0 Å². The van der Waals surface area contributed by atoms with E-state index in [-0.39, 0.29) is 0 Å². The van der Waals surface area contributed by atoms with Gasteiger partial charge in [0.25, 0.3) is 0 Å². The summed E-state index contributed by atoms with van der Waals surface area (Å²) in [5.41, 5.74) is 0. The monoisotopic (exact) mass is 115 g/mol. The molecule has 2 N–H and O–H groups in total. The molecular formula is C6H15N2. The predicted octanol–water partition coefficient (Wildman–Crippen LogP) is 0.366. The average Bonchev–Trinajstić information content (AvgIpc) is 1.68. The molecule has 0 saturated heterocycles. The summed E-state index contributed by atoms with van der Waals surface area (Å²) in [6.07, 6.45) is 0.400. The lowest BCUT2D eigenvalue weighted by molar-refractivity contribution is 0.486. The van der Waals surface area contributed by atoms with Crippen LogP contribution < -0.4 is 10.6 Å². The van der Waals surface area contributed by atoms with Crippen molar-refractivity contribution in [1.29, 1.82) is 0 Å². The van der Waals surface area contributed by atoms with Gasteiger partial charge in [-0.3, -0.25) is 0 Å². The first-order valence-corrected chi connectivity index (χ1v) is 3.07. The van der Waals surface area contributed by atoms with E-state index in [0.29, 0.717) is 6.17 Å². The molecule has 0 bridgehead atoms. The highest BCUT2D eigenvalue weighted by Crippen LogP contribution is 1.69. The van der Waals surface area contributed by atoms with Crippen molar-refractivity contribution in [2.75, 3.05) is 13.1 Å². The summed E-state index contributed by atoms with van der Waals surface area (Å²) in [6, 6.07) is 0. The molecule has 0 aliphatic carbocycles. The lowest BCUT2D eigenvalue weighted by atomic mass is 10.5. The number of hydrogen-bond donors (Lipinski definition) is 2. The van der Waals surface area contributed by atoms with Gasteiger partial charge in [0, 0.05) is 0 Å². The van der Waals surface area contributed by atoms with E-state index in [2.05, 4.69) is 31.4 Å². The third-order valence-corrected chi connectivity index (χ3v) is 0.961. The van der Waals surface area contributed by atoms with Crippen molar-refractivity contribution in [3.05, 3.63) is 6.92 Å². The molecular weight excluding hydrogens is 100 g/mol. The fourth-order valence-corrected chi connectivity index (χ4v) is 0.595. The van der Waals surface area contributed by atoms with Gasteiger partial charge in [-0.1, -0.05) is 6.92 Å². The smallest absolute Gasteiger partial charge is 0.0542 e. The van der Waals surface area contributed by atoms with Crippen LogP contribution in [0.4, 0.5) is 0 Å². The molecule has 0 spiro atoms.